The van der Waals surface area contributed by atoms with Gasteiger partial charge in [-0.2, -0.15) is 0 Å². The summed E-state index contributed by atoms with van der Waals surface area (Å²) in [4.78, 5) is 14.4. The smallest absolute Gasteiger partial charge is 0.164 e. The minimum Gasteiger partial charge on any atom is -0.456 e. The topological polar surface area (TPSA) is 51.8 Å². The lowest BCUT2D eigenvalue weighted by Gasteiger charge is -2.08. The van der Waals surface area contributed by atoms with Crippen molar-refractivity contribution in [2.45, 2.75) is 0 Å². The Morgan fingerprint density at radius 2 is 1.00 bits per heavy atom. The lowest BCUT2D eigenvalue weighted by molar-refractivity contribution is 0.669. The maximum absolute atomic E-state index is 6.01. The van der Waals surface area contributed by atoms with Gasteiger partial charge >= 0.3 is 0 Å². The molecule has 0 bridgehead atoms. The van der Waals surface area contributed by atoms with Crippen LogP contribution in [0.5, 0.6) is 0 Å². The molecule has 2 heterocycles. The molecule has 0 amide bonds. The predicted octanol–water partition coefficient (Wildman–Crippen LogP) is 7.53. The molecule has 2 aromatic heterocycles. The molecule has 0 N–H and O–H groups in total. The number of nitrogens with zero attached hydrogens (tertiary/aromatic N) is 3. The van der Waals surface area contributed by atoms with Crippen molar-refractivity contribution < 1.29 is 4.42 Å². The molecule has 0 atom stereocenters. The van der Waals surface area contributed by atoms with Crippen molar-refractivity contribution in [1.29, 1.82) is 0 Å². The molecule has 6 aromatic rings. The van der Waals surface area contributed by atoms with Gasteiger partial charge in [0.15, 0.2) is 17.5 Å². The molecule has 0 unspecified atom stereocenters. The molecule has 32 heavy (non-hydrogen) atoms. The van der Waals surface area contributed by atoms with Crippen LogP contribution in [0.4, 0.5) is 0 Å². The second kappa shape index (κ2) is 7.70. The third kappa shape index (κ3) is 3.37. The summed E-state index contributed by atoms with van der Waals surface area (Å²) in [5.41, 5.74) is 4.50. The van der Waals surface area contributed by atoms with Crippen LogP contribution in [0.25, 0.3) is 56.1 Å². The van der Waals surface area contributed by atoms with E-state index in [9.17, 15) is 0 Å². The highest BCUT2D eigenvalue weighted by Gasteiger charge is 2.14. The molecule has 0 aliphatic heterocycles. The maximum Gasteiger partial charge on any atom is 0.164 e. The summed E-state index contributed by atoms with van der Waals surface area (Å²) in [5.74, 6) is 1.92. The standard InChI is InChI=1S/C27H16BrN3O/c28-20-12-14-24-22(16-20)21-15-19(11-13-23(21)32-24)27-30-25(17-7-3-1-4-8-17)29-26(31-27)18-9-5-2-6-10-18/h1-16H. The Morgan fingerprint density at radius 3 is 1.59 bits per heavy atom. The number of hydrogen-bond acceptors (Lipinski definition) is 4. The van der Waals surface area contributed by atoms with E-state index in [1.807, 2.05) is 84.9 Å². The highest BCUT2D eigenvalue weighted by Crippen LogP contribution is 2.34. The van der Waals surface area contributed by atoms with Crippen molar-refractivity contribution in [2.24, 2.45) is 0 Å². The first kappa shape index (κ1) is 18.9. The fourth-order valence-corrected chi connectivity index (χ4v) is 4.19. The van der Waals surface area contributed by atoms with Crippen molar-refractivity contribution in [2.75, 3.05) is 0 Å². The summed E-state index contributed by atoms with van der Waals surface area (Å²) in [6, 6.07) is 32.1. The number of benzene rings is 4. The number of rotatable bonds is 3. The number of furan rings is 1. The molecule has 0 saturated heterocycles. The Morgan fingerprint density at radius 1 is 0.500 bits per heavy atom. The SMILES string of the molecule is Brc1ccc2oc3ccc(-c4nc(-c5ccccc5)nc(-c5ccccc5)n4)cc3c2c1. The van der Waals surface area contributed by atoms with Gasteiger partial charge < -0.3 is 4.42 Å². The van der Waals surface area contributed by atoms with E-state index in [2.05, 4.69) is 28.1 Å². The van der Waals surface area contributed by atoms with Gasteiger partial charge in [-0.05, 0) is 36.4 Å². The highest BCUT2D eigenvalue weighted by molar-refractivity contribution is 9.10. The second-order valence-corrected chi connectivity index (χ2v) is 8.41. The average molecular weight is 478 g/mol. The quantitative estimate of drug-likeness (QED) is 0.264. The van der Waals surface area contributed by atoms with E-state index in [4.69, 9.17) is 19.4 Å². The van der Waals surface area contributed by atoms with Gasteiger partial charge in [0.05, 0.1) is 0 Å². The van der Waals surface area contributed by atoms with E-state index in [0.717, 1.165) is 43.1 Å². The van der Waals surface area contributed by atoms with Gasteiger partial charge in [-0.25, -0.2) is 15.0 Å². The van der Waals surface area contributed by atoms with Crippen LogP contribution >= 0.6 is 15.9 Å². The molecule has 0 aliphatic carbocycles. The van der Waals surface area contributed by atoms with Crippen molar-refractivity contribution >= 4 is 37.9 Å². The van der Waals surface area contributed by atoms with E-state index in [1.54, 1.807) is 0 Å². The van der Waals surface area contributed by atoms with Crippen molar-refractivity contribution in [3.05, 3.63) is 102 Å². The zero-order valence-corrected chi connectivity index (χ0v) is 18.5. The predicted molar refractivity (Wildman–Crippen MR) is 131 cm³/mol. The largest absolute Gasteiger partial charge is 0.456 e. The summed E-state index contributed by atoms with van der Waals surface area (Å²) in [7, 11) is 0. The molecule has 4 aromatic carbocycles. The Kier molecular flexibility index (Phi) is 4.55. The lowest BCUT2D eigenvalue weighted by atomic mass is 10.1. The summed E-state index contributed by atoms with van der Waals surface area (Å²) < 4.78 is 7.02. The van der Waals surface area contributed by atoms with Crippen LogP contribution in [0, 0.1) is 0 Å². The molecule has 4 nitrogen and oxygen atoms in total. The van der Waals surface area contributed by atoms with Gasteiger partial charge in [0, 0.05) is 31.9 Å². The fourth-order valence-electron chi connectivity index (χ4n) is 3.83. The molecule has 6 rings (SSSR count). The van der Waals surface area contributed by atoms with Gasteiger partial charge in [-0.1, -0.05) is 76.6 Å². The van der Waals surface area contributed by atoms with Crippen LogP contribution in [0.2, 0.25) is 0 Å². The van der Waals surface area contributed by atoms with E-state index in [-0.39, 0.29) is 0 Å². The maximum atomic E-state index is 6.01. The third-order valence-electron chi connectivity index (χ3n) is 5.39. The third-order valence-corrected chi connectivity index (χ3v) is 5.88. The van der Waals surface area contributed by atoms with Gasteiger partial charge in [0.1, 0.15) is 11.2 Å². The average Bonchev–Trinajstić information content (AvgIpc) is 3.22. The van der Waals surface area contributed by atoms with Crippen LogP contribution in [-0.2, 0) is 0 Å². The summed E-state index contributed by atoms with van der Waals surface area (Å²) >= 11 is 3.56. The molecule has 0 saturated carbocycles. The molecular formula is C27H16BrN3O. The van der Waals surface area contributed by atoms with E-state index >= 15 is 0 Å². The first-order chi connectivity index (χ1) is 15.7. The lowest BCUT2D eigenvalue weighted by Crippen LogP contribution is -2.00. The second-order valence-electron chi connectivity index (χ2n) is 7.49. The number of aromatic nitrogens is 3. The molecule has 0 spiro atoms. The molecule has 0 aliphatic rings. The fraction of sp³-hybridized carbons (Fsp3) is 0. The minimum absolute atomic E-state index is 0.629. The van der Waals surface area contributed by atoms with Crippen molar-refractivity contribution in [3.8, 4) is 34.2 Å². The Bertz CT molecular complexity index is 1520. The van der Waals surface area contributed by atoms with E-state index in [0.29, 0.717) is 17.5 Å². The minimum atomic E-state index is 0.629. The number of halogens is 1. The summed E-state index contributed by atoms with van der Waals surface area (Å²) in [5, 5.41) is 2.08. The highest BCUT2D eigenvalue weighted by atomic mass is 79.9. The molecule has 0 fully saturated rings. The van der Waals surface area contributed by atoms with Gasteiger partial charge in [0.25, 0.3) is 0 Å². The van der Waals surface area contributed by atoms with Gasteiger partial charge in [-0.15, -0.1) is 0 Å². The van der Waals surface area contributed by atoms with E-state index < -0.39 is 0 Å². The van der Waals surface area contributed by atoms with Gasteiger partial charge in [-0.3, -0.25) is 0 Å². The van der Waals surface area contributed by atoms with E-state index in [1.165, 1.54) is 0 Å². The molecule has 0 radical (unpaired) electrons. The summed E-state index contributed by atoms with van der Waals surface area (Å²) in [6.45, 7) is 0. The molecular weight excluding hydrogens is 462 g/mol. The number of hydrogen-bond donors (Lipinski definition) is 0. The molecule has 152 valence electrons. The van der Waals surface area contributed by atoms with Crippen LogP contribution in [-0.4, -0.2) is 15.0 Å². The van der Waals surface area contributed by atoms with Crippen LogP contribution in [0.1, 0.15) is 0 Å². The van der Waals surface area contributed by atoms with Gasteiger partial charge in [0.2, 0.25) is 0 Å². The Hall–Kier alpha value is -3.83. The first-order valence-electron chi connectivity index (χ1n) is 10.2. The van der Waals surface area contributed by atoms with Crippen molar-refractivity contribution in [1.82, 2.24) is 15.0 Å². The Balaban J connectivity index is 1.58. The molecule has 5 heteroatoms. The normalized spacial score (nSPS) is 11.3. The van der Waals surface area contributed by atoms with Crippen molar-refractivity contribution in [3.63, 3.8) is 0 Å². The van der Waals surface area contributed by atoms with Crippen LogP contribution < -0.4 is 0 Å². The summed E-state index contributed by atoms with van der Waals surface area (Å²) in [6.07, 6.45) is 0. The number of fused-ring (bicyclic) bond motifs is 3. The first-order valence-corrected chi connectivity index (χ1v) is 11.0. The Labute approximate surface area is 192 Å². The monoisotopic (exact) mass is 477 g/mol. The van der Waals surface area contributed by atoms with Crippen LogP contribution in [0.3, 0.4) is 0 Å². The zero-order valence-electron chi connectivity index (χ0n) is 16.9. The zero-order chi connectivity index (χ0) is 21.5. The van der Waals surface area contributed by atoms with Crippen LogP contribution in [0.15, 0.2) is 106 Å².